The van der Waals surface area contributed by atoms with E-state index in [1.807, 2.05) is 30.3 Å². The fraction of sp³-hybridized carbons (Fsp3) is 0.385. The molecule has 1 aromatic carbocycles. The van der Waals surface area contributed by atoms with E-state index in [9.17, 15) is 10.00 Å². The van der Waals surface area contributed by atoms with Crippen molar-refractivity contribution >= 4 is 16.2 Å². The van der Waals surface area contributed by atoms with Crippen LogP contribution in [0.3, 0.4) is 0 Å². The first-order valence-electron chi connectivity index (χ1n) is 5.99. The summed E-state index contributed by atoms with van der Waals surface area (Å²) in [5, 5.41) is 10.0. The van der Waals surface area contributed by atoms with E-state index in [1.54, 1.807) is 0 Å². The maximum absolute atomic E-state index is 10.0. The molecule has 2 N–H and O–H groups in total. The summed E-state index contributed by atoms with van der Waals surface area (Å²) < 4.78 is 10.5. The third-order valence-corrected chi connectivity index (χ3v) is 3.96. The minimum absolute atomic E-state index is 0.180. The SMILES string of the molecule is [B]/C(=C\P(O)OC)C1OC(c2ccccc2)C[C@@H]1O. The molecule has 6 heteroatoms. The smallest absolute Gasteiger partial charge is 0.193 e. The van der Waals surface area contributed by atoms with Crippen molar-refractivity contribution in [3.63, 3.8) is 0 Å². The van der Waals surface area contributed by atoms with E-state index in [0.29, 0.717) is 11.9 Å². The Morgan fingerprint density at radius 2 is 2.16 bits per heavy atom. The van der Waals surface area contributed by atoms with Gasteiger partial charge in [0.05, 0.1) is 18.3 Å². The molecule has 0 spiro atoms. The molecular formula is C13H16BO4P. The van der Waals surface area contributed by atoms with Crippen LogP contribution in [0.4, 0.5) is 0 Å². The van der Waals surface area contributed by atoms with E-state index in [2.05, 4.69) is 0 Å². The van der Waals surface area contributed by atoms with Crippen molar-refractivity contribution < 1.29 is 19.3 Å². The number of ether oxygens (including phenoxy) is 1. The zero-order chi connectivity index (χ0) is 13.8. The van der Waals surface area contributed by atoms with E-state index in [-0.39, 0.29) is 6.10 Å². The van der Waals surface area contributed by atoms with Crippen molar-refractivity contribution in [3.8, 4) is 0 Å². The summed E-state index contributed by atoms with van der Waals surface area (Å²) in [4.78, 5) is 9.41. The summed E-state index contributed by atoms with van der Waals surface area (Å²) in [7, 11) is 5.54. The molecule has 0 saturated carbocycles. The standard InChI is InChI=1S/C13H16BO4P/c1-17-19(16)8-10(14)13-11(15)7-12(18-13)9-5-3-2-4-6-9/h2-6,8,11-13,15-16H,7H2,1H3/b10-8-/t11-,12?,13?,19?/m0/s1. The molecule has 19 heavy (non-hydrogen) atoms. The Kier molecular flexibility index (Phi) is 5.14. The molecule has 2 radical (unpaired) electrons. The van der Waals surface area contributed by atoms with Crippen molar-refractivity contribution in [2.45, 2.75) is 24.7 Å². The Morgan fingerprint density at radius 1 is 1.47 bits per heavy atom. The van der Waals surface area contributed by atoms with Crippen LogP contribution in [0.5, 0.6) is 0 Å². The lowest BCUT2D eigenvalue weighted by Crippen LogP contribution is -2.23. The zero-order valence-corrected chi connectivity index (χ0v) is 11.5. The average Bonchev–Trinajstić information content (AvgIpc) is 2.81. The van der Waals surface area contributed by atoms with E-state index in [4.69, 9.17) is 17.1 Å². The number of hydrogen-bond donors (Lipinski definition) is 2. The first-order valence-corrected chi connectivity index (χ1v) is 7.28. The number of aliphatic hydroxyl groups excluding tert-OH is 1. The van der Waals surface area contributed by atoms with Gasteiger partial charge in [0.25, 0.3) is 0 Å². The van der Waals surface area contributed by atoms with Crippen LogP contribution >= 0.6 is 8.38 Å². The molecule has 2 rings (SSSR count). The summed E-state index contributed by atoms with van der Waals surface area (Å²) >= 11 is 0. The minimum Gasteiger partial charge on any atom is -0.390 e. The first kappa shape index (κ1) is 14.7. The molecule has 0 aromatic heterocycles. The maximum Gasteiger partial charge on any atom is 0.193 e. The van der Waals surface area contributed by atoms with Crippen LogP contribution in [0.15, 0.2) is 41.6 Å². The Balaban J connectivity index is 2.08. The lowest BCUT2D eigenvalue weighted by Gasteiger charge is -2.17. The number of hydrogen-bond acceptors (Lipinski definition) is 4. The van der Waals surface area contributed by atoms with Crippen LogP contribution in [0.2, 0.25) is 0 Å². The second-order valence-electron chi connectivity index (χ2n) is 4.37. The van der Waals surface area contributed by atoms with Crippen LogP contribution < -0.4 is 0 Å². The van der Waals surface area contributed by atoms with Crippen LogP contribution in [0, 0.1) is 0 Å². The summed E-state index contributed by atoms with van der Waals surface area (Å²) in [6.07, 6.45) is -0.973. The Morgan fingerprint density at radius 3 is 2.79 bits per heavy atom. The van der Waals surface area contributed by atoms with Crippen molar-refractivity contribution in [2.24, 2.45) is 0 Å². The van der Waals surface area contributed by atoms with E-state index >= 15 is 0 Å². The summed E-state index contributed by atoms with van der Waals surface area (Å²) in [6.45, 7) is 0. The Labute approximate surface area is 115 Å². The molecule has 4 nitrogen and oxygen atoms in total. The van der Waals surface area contributed by atoms with Crippen LogP contribution in [-0.2, 0) is 9.26 Å². The average molecular weight is 278 g/mol. The van der Waals surface area contributed by atoms with Gasteiger partial charge in [-0.05, 0) is 11.4 Å². The molecule has 0 amide bonds. The Bertz CT molecular complexity index is 440. The van der Waals surface area contributed by atoms with Gasteiger partial charge in [0, 0.05) is 13.5 Å². The molecule has 1 aliphatic rings. The van der Waals surface area contributed by atoms with Gasteiger partial charge in [-0.15, -0.1) is 0 Å². The van der Waals surface area contributed by atoms with Gasteiger partial charge >= 0.3 is 0 Å². The predicted octanol–water partition coefficient (Wildman–Crippen LogP) is 1.84. The quantitative estimate of drug-likeness (QED) is 0.651. The minimum atomic E-state index is -1.70. The highest BCUT2D eigenvalue weighted by molar-refractivity contribution is 7.49. The highest BCUT2D eigenvalue weighted by atomic mass is 31.2. The van der Waals surface area contributed by atoms with Gasteiger partial charge in [0.15, 0.2) is 8.38 Å². The van der Waals surface area contributed by atoms with Crippen molar-refractivity contribution in [3.05, 3.63) is 47.2 Å². The monoisotopic (exact) mass is 278 g/mol. The van der Waals surface area contributed by atoms with Gasteiger partial charge in [0.1, 0.15) is 7.85 Å². The molecule has 0 bridgehead atoms. The van der Waals surface area contributed by atoms with E-state index in [1.165, 1.54) is 12.9 Å². The van der Waals surface area contributed by atoms with Crippen LogP contribution in [0.25, 0.3) is 0 Å². The molecule has 1 fully saturated rings. The van der Waals surface area contributed by atoms with E-state index < -0.39 is 20.6 Å². The normalized spacial score (nSPS) is 29.4. The zero-order valence-electron chi connectivity index (χ0n) is 10.6. The molecule has 3 unspecified atom stereocenters. The van der Waals surface area contributed by atoms with Gasteiger partial charge < -0.3 is 19.3 Å². The lowest BCUT2D eigenvalue weighted by atomic mass is 9.89. The molecule has 1 saturated heterocycles. The first-order chi connectivity index (χ1) is 9.11. The van der Waals surface area contributed by atoms with E-state index in [0.717, 1.165) is 5.56 Å². The second-order valence-corrected chi connectivity index (χ2v) is 5.60. The molecule has 100 valence electrons. The predicted molar refractivity (Wildman–Crippen MR) is 74.7 cm³/mol. The van der Waals surface area contributed by atoms with Crippen molar-refractivity contribution in [2.75, 3.05) is 7.11 Å². The highest BCUT2D eigenvalue weighted by Gasteiger charge is 2.35. The van der Waals surface area contributed by atoms with Gasteiger partial charge in [-0.1, -0.05) is 35.8 Å². The highest BCUT2D eigenvalue weighted by Crippen LogP contribution is 2.39. The molecular weight excluding hydrogens is 262 g/mol. The van der Waals surface area contributed by atoms with Crippen LogP contribution in [0.1, 0.15) is 18.1 Å². The third kappa shape index (κ3) is 3.65. The molecule has 4 atom stereocenters. The van der Waals surface area contributed by atoms with Gasteiger partial charge in [0.2, 0.25) is 0 Å². The topological polar surface area (TPSA) is 58.9 Å². The largest absolute Gasteiger partial charge is 0.390 e. The fourth-order valence-electron chi connectivity index (χ4n) is 2.10. The third-order valence-electron chi connectivity index (χ3n) is 3.06. The molecule has 1 heterocycles. The second kappa shape index (κ2) is 6.64. The van der Waals surface area contributed by atoms with Crippen molar-refractivity contribution in [1.29, 1.82) is 0 Å². The van der Waals surface area contributed by atoms with Crippen LogP contribution in [-0.4, -0.2) is 37.2 Å². The number of aliphatic hydroxyl groups is 1. The lowest BCUT2D eigenvalue weighted by molar-refractivity contribution is 0.0368. The summed E-state index contributed by atoms with van der Waals surface area (Å²) in [5.41, 5.74) is 1.32. The summed E-state index contributed by atoms with van der Waals surface area (Å²) in [5.74, 6) is 1.40. The molecule has 0 aliphatic carbocycles. The van der Waals surface area contributed by atoms with Gasteiger partial charge in [-0.25, -0.2) is 0 Å². The number of rotatable bonds is 4. The summed E-state index contributed by atoms with van der Waals surface area (Å²) in [6, 6.07) is 9.69. The van der Waals surface area contributed by atoms with Gasteiger partial charge in [-0.2, -0.15) is 0 Å². The van der Waals surface area contributed by atoms with Crippen molar-refractivity contribution in [1.82, 2.24) is 0 Å². The van der Waals surface area contributed by atoms with Gasteiger partial charge in [-0.3, -0.25) is 0 Å². The fourth-order valence-corrected chi connectivity index (χ4v) is 2.61. The Hall–Kier alpha value is -0.705. The molecule has 1 aliphatic heterocycles. The molecule has 1 aromatic rings. The number of benzene rings is 1. The maximum atomic E-state index is 10.0.